The van der Waals surface area contributed by atoms with Crippen molar-refractivity contribution >= 4 is 45.1 Å². The molecular formula is C14H13BrClNO3. The lowest BCUT2D eigenvalue weighted by molar-refractivity contribution is -0.112. The van der Waals surface area contributed by atoms with Gasteiger partial charge in [0.1, 0.15) is 0 Å². The van der Waals surface area contributed by atoms with Gasteiger partial charge in [-0.1, -0.05) is 34.2 Å². The molecule has 1 amide bonds. The lowest BCUT2D eigenvalue weighted by atomic mass is 10.1. The van der Waals surface area contributed by atoms with Gasteiger partial charge in [0.05, 0.1) is 11.3 Å². The van der Waals surface area contributed by atoms with Crippen LogP contribution < -0.4 is 5.32 Å². The first-order valence-corrected chi connectivity index (χ1v) is 7.05. The summed E-state index contributed by atoms with van der Waals surface area (Å²) in [4.78, 5) is 23.2. The molecule has 0 heterocycles. The van der Waals surface area contributed by atoms with Gasteiger partial charge < -0.3 is 10.4 Å². The summed E-state index contributed by atoms with van der Waals surface area (Å²) in [5.41, 5.74) is 0.621. The number of nitrogens with one attached hydrogen (secondary N) is 1. The number of carbonyl (C=O) groups excluding carboxylic acids is 1. The highest BCUT2D eigenvalue weighted by Gasteiger charge is 2.14. The second-order valence-corrected chi connectivity index (χ2v) is 4.99. The molecule has 0 bridgehead atoms. The normalized spacial score (nSPS) is 11.7. The van der Waals surface area contributed by atoms with Gasteiger partial charge in [0.2, 0.25) is 0 Å². The largest absolute Gasteiger partial charge is 0.478 e. The summed E-state index contributed by atoms with van der Waals surface area (Å²) in [6, 6.07) is 4.61. The van der Waals surface area contributed by atoms with E-state index < -0.39 is 11.9 Å². The Kier molecular flexibility index (Phi) is 6.48. The number of carboxylic acids is 1. The van der Waals surface area contributed by atoms with E-state index >= 15 is 0 Å². The molecule has 6 heteroatoms. The number of aromatic carboxylic acids is 1. The van der Waals surface area contributed by atoms with Crippen LogP contribution in [0.2, 0.25) is 0 Å². The van der Waals surface area contributed by atoms with Gasteiger partial charge in [-0.2, -0.15) is 0 Å². The van der Waals surface area contributed by atoms with Crippen LogP contribution in [0, 0.1) is 0 Å². The number of rotatable bonds is 5. The molecule has 0 unspecified atom stereocenters. The van der Waals surface area contributed by atoms with Gasteiger partial charge in [-0.3, -0.25) is 4.79 Å². The van der Waals surface area contributed by atoms with Crippen LogP contribution in [0.5, 0.6) is 0 Å². The van der Waals surface area contributed by atoms with E-state index in [2.05, 4.69) is 21.2 Å². The average Bonchev–Trinajstić information content (AvgIpc) is 2.40. The lowest BCUT2D eigenvalue weighted by Crippen LogP contribution is -2.16. The maximum absolute atomic E-state index is 12.1. The predicted molar refractivity (Wildman–Crippen MR) is 83.3 cm³/mol. The van der Waals surface area contributed by atoms with Crippen molar-refractivity contribution in [1.29, 1.82) is 0 Å². The third-order valence-electron chi connectivity index (χ3n) is 2.37. The van der Waals surface area contributed by atoms with Crippen LogP contribution in [0.4, 0.5) is 5.69 Å². The van der Waals surface area contributed by atoms with E-state index in [0.29, 0.717) is 10.0 Å². The topological polar surface area (TPSA) is 66.4 Å². The van der Waals surface area contributed by atoms with E-state index in [0.717, 1.165) is 0 Å². The Morgan fingerprint density at radius 1 is 1.45 bits per heavy atom. The summed E-state index contributed by atoms with van der Waals surface area (Å²) in [5, 5.41) is 11.7. The summed E-state index contributed by atoms with van der Waals surface area (Å²) >= 11 is 8.78. The fourth-order valence-electron chi connectivity index (χ4n) is 1.50. The maximum Gasteiger partial charge on any atom is 0.337 e. The summed E-state index contributed by atoms with van der Waals surface area (Å²) in [5.74, 6) is -1.33. The number of carboxylic acid groups (broad SMARTS) is 1. The maximum atomic E-state index is 12.1. The van der Waals surface area contributed by atoms with Crippen LogP contribution in [-0.2, 0) is 4.79 Å². The molecule has 1 aromatic carbocycles. The predicted octanol–water partition coefficient (Wildman–Crippen LogP) is 3.83. The molecule has 2 N–H and O–H groups in total. The van der Waals surface area contributed by atoms with Gasteiger partial charge in [0.15, 0.2) is 0 Å². The minimum absolute atomic E-state index is 0.0124. The minimum Gasteiger partial charge on any atom is -0.478 e. The van der Waals surface area contributed by atoms with Crippen molar-refractivity contribution in [2.45, 2.75) is 6.92 Å². The highest BCUT2D eigenvalue weighted by Crippen LogP contribution is 2.21. The fraction of sp³-hybridized carbons (Fsp3) is 0.143. The Hall–Kier alpha value is -1.59. The highest BCUT2D eigenvalue weighted by atomic mass is 79.9. The molecule has 0 aromatic heterocycles. The Balaban J connectivity index is 3.07. The zero-order valence-electron chi connectivity index (χ0n) is 10.7. The molecule has 0 saturated carbocycles. The second-order valence-electron chi connectivity index (χ2n) is 3.76. The van der Waals surface area contributed by atoms with Crippen molar-refractivity contribution in [3.8, 4) is 0 Å². The van der Waals surface area contributed by atoms with Gasteiger partial charge in [-0.05, 0) is 25.1 Å². The first kappa shape index (κ1) is 16.5. The average molecular weight is 359 g/mol. The summed E-state index contributed by atoms with van der Waals surface area (Å²) < 4.78 is 0.623. The Labute approximate surface area is 130 Å². The molecule has 0 fully saturated rings. The zero-order valence-corrected chi connectivity index (χ0v) is 13.0. The molecule has 0 spiro atoms. The number of amides is 1. The number of alkyl halides is 1. The molecule has 106 valence electrons. The van der Waals surface area contributed by atoms with Gasteiger partial charge in [-0.25, -0.2) is 4.79 Å². The van der Waals surface area contributed by atoms with E-state index in [9.17, 15) is 9.59 Å². The number of hydrogen-bond acceptors (Lipinski definition) is 2. The van der Waals surface area contributed by atoms with E-state index in [1.165, 1.54) is 12.1 Å². The molecule has 0 radical (unpaired) electrons. The summed E-state index contributed by atoms with van der Waals surface area (Å²) in [6.07, 6.45) is 4.87. The van der Waals surface area contributed by atoms with E-state index in [4.69, 9.17) is 16.7 Å². The van der Waals surface area contributed by atoms with Gasteiger partial charge in [0, 0.05) is 15.9 Å². The van der Waals surface area contributed by atoms with E-state index in [1.807, 2.05) is 0 Å². The first-order chi connectivity index (χ1) is 9.49. The number of hydrogen-bond donors (Lipinski definition) is 2. The minimum atomic E-state index is -1.12. The molecule has 0 aliphatic heterocycles. The first-order valence-electron chi connectivity index (χ1n) is 5.72. The third-order valence-corrected chi connectivity index (χ3v) is 3.01. The second kappa shape index (κ2) is 7.87. The van der Waals surface area contributed by atoms with Crippen molar-refractivity contribution in [3.05, 3.63) is 52.0 Å². The molecule has 1 aromatic rings. The Morgan fingerprint density at radius 3 is 2.70 bits per heavy atom. The molecule has 20 heavy (non-hydrogen) atoms. The monoisotopic (exact) mass is 357 g/mol. The molecule has 1 rings (SSSR count). The van der Waals surface area contributed by atoms with Crippen LogP contribution >= 0.6 is 27.5 Å². The summed E-state index contributed by atoms with van der Waals surface area (Å²) in [7, 11) is 0. The highest BCUT2D eigenvalue weighted by molar-refractivity contribution is 9.10. The van der Waals surface area contributed by atoms with Crippen LogP contribution in [0.15, 0.2) is 46.5 Å². The van der Waals surface area contributed by atoms with Gasteiger partial charge in [-0.15, -0.1) is 11.6 Å². The molecular weight excluding hydrogens is 346 g/mol. The Bertz CT molecular complexity index is 582. The van der Waals surface area contributed by atoms with Crippen molar-refractivity contribution < 1.29 is 14.7 Å². The Morgan fingerprint density at radius 2 is 2.15 bits per heavy atom. The van der Waals surface area contributed by atoms with Crippen molar-refractivity contribution in [2.75, 3.05) is 11.2 Å². The summed E-state index contributed by atoms with van der Waals surface area (Å²) in [6.45, 7) is 1.78. The quantitative estimate of drug-likeness (QED) is 0.477. The number of carbonyl (C=O) groups is 2. The lowest BCUT2D eigenvalue weighted by Gasteiger charge is -2.09. The number of allylic oxidation sites excluding steroid dienone is 2. The fourth-order valence-corrected chi connectivity index (χ4v) is 2.02. The molecule has 0 saturated heterocycles. The van der Waals surface area contributed by atoms with Crippen LogP contribution in [-0.4, -0.2) is 22.9 Å². The standard InChI is InChI=1S/C14H13BrClNO3/c1-2-3-9(6-7-16)13(18)17-12-5-4-10(15)8-11(12)14(19)20/h2-6,8H,7H2,1H3,(H,17,18)(H,19,20)/b3-2-,9-6+. The van der Waals surface area contributed by atoms with Gasteiger partial charge >= 0.3 is 5.97 Å². The smallest absolute Gasteiger partial charge is 0.337 e. The SMILES string of the molecule is C/C=C\C(=C/CCl)C(=O)Nc1ccc(Br)cc1C(=O)O. The number of benzene rings is 1. The molecule has 4 nitrogen and oxygen atoms in total. The number of halogens is 2. The number of anilines is 1. The molecule has 0 aliphatic rings. The van der Waals surface area contributed by atoms with Crippen LogP contribution in [0.25, 0.3) is 0 Å². The van der Waals surface area contributed by atoms with Crippen molar-refractivity contribution in [3.63, 3.8) is 0 Å². The van der Waals surface area contributed by atoms with E-state index in [1.54, 1.807) is 31.2 Å². The van der Waals surface area contributed by atoms with Crippen LogP contribution in [0.1, 0.15) is 17.3 Å². The van der Waals surface area contributed by atoms with E-state index in [-0.39, 0.29) is 17.1 Å². The molecule has 0 aliphatic carbocycles. The third kappa shape index (κ3) is 4.51. The molecule has 0 atom stereocenters. The van der Waals surface area contributed by atoms with Crippen molar-refractivity contribution in [1.82, 2.24) is 0 Å². The van der Waals surface area contributed by atoms with Crippen LogP contribution in [0.3, 0.4) is 0 Å². The zero-order chi connectivity index (χ0) is 15.1. The van der Waals surface area contributed by atoms with Crippen molar-refractivity contribution in [2.24, 2.45) is 0 Å². The van der Waals surface area contributed by atoms with Gasteiger partial charge in [0.25, 0.3) is 5.91 Å².